The van der Waals surface area contributed by atoms with Crippen LogP contribution in [-0.2, 0) is 4.79 Å². The van der Waals surface area contributed by atoms with Crippen LogP contribution >= 0.6 is 0 Å². The van der Waals surface area contributed by atoms with Crippen LogP contribution in [0.1, 0.15) is 30.6 Å². The Morgan fingerprint density at radius 2 is 1.90 bits per heavy atom. The standard InChI is InChI=1S/C17H21N3O/c1-2-11-19-16(21)13-20-17(14-8-4-3-5-9-14)15-10-6-7-12-18-15/h3-10,12,17,20H,2,11,13H2,1H3,(H,19,21)/t17-/m0/s1. The first-order valence-electron chi connectivity index (χ1n) is 7.27. The molecule has 0 radical (unpaired) electrons. The summed E-state index contributed by atoms with van der Waals surface area (Å²) < 4.78 is 0. The van der Waals surface area contributed by atoms with Crippen LogP contribution in [0.25, 0.3) is 0 Å². The van der Waals surface area contributed by atoms with Crippen molar-refractivity contribution < 1.29 is 4.79 Å². The second-order valence-corrected chi connectivity index (χ2v) is 4.83. The zero-order valence-corrected chi connectivity index (χ0v) is 12.3. The lowest BCUT2D eigenvalue weighted by Gasteiger charge is -2.18. The molecular weight excluding hydrogens is 262 g/mol. The average molecular weight is 283 g/mol. The number of hydrogen-bond donors (Lipinski definition) is 2. The topological polar surface area (TPSA) is 54.0 Å². The first-order chi connectivity index (χ1) is 10.3. The van der Waals surface area contributed by atoms with Crippen molar-refractivity contribution in [2.45, 2.75) is 19.4 Å². The lowest BCUT2D eigenvalue weighted by molar-refractivity contribution is -0.120. The summed E-state index contributed by atoms with van der Waals surface area (Å²) in [7, 11) is 0. The van der Waals surface area contributed by atoms with Gasteiger partial charge in [0.2, 0.25) is 5.91 Å². The summed E-state index contributed by atoms with van der Waals surface area (Å²) in [6, 6.07) is 15.8. The minimum atomic E-state index is -0.0835. The molecule has 21 heavy (non-hydrogen) atoms. The van der Waals surface area contributed by atoms with Crippen LogP contribution in [0.3, 0.4) is 0 Å². The zero-order valence-electron chi connectivity index (χ0n) is 12.3. The van der Waals surface area contributed by atoms with Crippen LogP contribution < -0.4 is 10.6 Å². The summed E-state index contributed by atoms with van der Waals surface area (Å²) in [6.45, 7) is 3.02. The monoisotopic (exact) mass is 283 g/mol. The van der Waals surface area contributed by atoms with Gasteiger partial charge in [0.05, 0.1) is 18.3 Å². The van der Waals surface area contributed by atoms with E-state index in [1.54, 1.807) is 6.20 Å². The molecule has 0 aliphatic carbocycles. The Labute approximate surface area is 125 Å². The van der Waals surface area contributed by atoms with Gasteiger partial charge in [-0.1, -0.05) is 43.3 Å². The van der Waals surface area contributed by atoms with Gasteiger partial charge >= 0.3 is 0 Å². The number of benzene rings is 1. The number of nitrogens with zero attached hydrogens (tertiary/aromatic N) is 1. The van der Waals surface area contributed by atoms with Crippen molar-refractivity contribution in [1.82, 2.24) is 15.6 Å². The molecule has 2 rings (SSSR count). The van der Waals surface area contributed by atoms with Crippen molar-refractivity contribution >= 4 is 5.91 Å². The van der Waals surface area contributed by atoms with Gasteiger partial charge in [0.15, 0.2) is 0 Å². The van der Waals surface area contributed by atoms with Crippen molar-refractivity contribution in [3.63, 3.8) is 0 Å². The predicted octanol–water partition coefficient (Wildman–Crippen LogP) is 2.29. The molecule has 0 saturated heterocycles. The summed E-state index contributed by atoms with van der Waals surface area (Å²) >= 11 is 0. The summed E-state index contributed by atoms with van der Waals surface area (Å²) in [5.74, 6) is 0.00807. The molecule has 1 amide bonds. The second kappa shape index (κ2) is 8.17. The number of hydrogen-bond acceptors (Lipinski definition) is 3. The van der Waals surface area contributed by atoms with Crippen molar-refractivity contribution in [2.75, 3.05) is 13.1 Å². The van der Waals surface area contributed by atoms with Crippen LogP contribution in [0.2, 0.25) is 0 Å². The largest absolute Gasteiger partial charge is 0.355 e. The van der Waals surface area contributed by atoms with E-state index in [2.05, 4.69) is 15.6 Å². The molecule has 4 nitrogen and oxygen atoms in total. The van der Waals surface area contributed by atoms with Crippen LogP contribution in [-0.4, -0.2) is 24.0 Å². The smallest absolute Gasteiger partial charge is 0.233 e. The van der Waals surface area contributed by atoms with Gasteiger partial charge in [-0.05, 0) is 24.1 Å². The highest BCUT2D eigenvalue weighted by Crippen LogP contribution is 2.19. The molecule has 1 heterocycles. The summed E-state index contributed by atoms with van der Waals surface area (Å²) in [5.41, 5.74) is 2.01. The van der Waals surface area contributed by atoms with E-state index in [0.29, 0.717) is 6.54 Å². The second-order valence-electron chi connectivity index (χ2n) is 4.83. The zero-order chi connectivity index (χ0) is 14.9. The van der Waals surface area contributed by atoms with Crippen molar-refractivity contribution in [1.29, 1.82) is 0 Å². The van der Waals surface area contributed by atoms with E-state index < -0.39 is 0 Å². The highest BCUT2D eigenvalue weighted by molar-refractivity contribution is 5.78. The van der Waals surface area contributed by atoms with Gasteiger partial charge in [-0.3, -0.25) is 15.1 Å². The van der Waals surface area contributed by atoms with Gasteiger partial charge < -0.3 is 5.32 Å². The maximum Gasteiger partial charge on any atom is 0.233 e. The predicted molar refractivity (Wildman–Crippen MR) is 83.8 cm³/mol. The fraction of sp³-hybridized carbons (Fsp3) is 0.294. The number of carbonyl (C=O) groups excluding carboxylic acids is 1. The quantitative estimate of drug-likeness (QED) is 0.819. The van der Waals surface area contributed by atoms with Crippen LogP contribution in [0.5, 0.6) is 0 Å². The molecule has 1 atom stereocenters. The van der Waals surface area contributed by atoms with Crippen LogP contribution in [0, 0.1) is 0 Å². The molecule has 0 aliphatic heterocycles. The Hall–Kier alpha value is -2.20. The van der Waals surface area contributed by atoms with Gasteiger partial charge in [0, 0.05) is 12.7 Å². The van der Waals surface area contributed by atoms with Gasteiger partial charge in [0.25, 0.3) is 0 Å². The molecule has 2 N–H and O–H groups in total. The van der Waals surface area contributed by atoms with Gasteiger partial charge in [0.1, 0.15) is 0 Å². The summed E-state index contributed by atoms with van der Waals surface area (Å²) in [5, 5.41) is 6.16. The molecule has 0 aliphatic rings. The minimum absolute atomic E-state index is 0.00807. The van der Waals surface area contributed by atoms with Crippen molar-refractivity contribution in [3.05, 3.63) is 66.0 Å². The van der Waals surface area contributed by atoms with E-state index in [0.717, 1.165) is 17.7 Å². The van der Waals surface area contributed by atoms with Crippen LogP contribution in [0.15, 0.2) is 54.7 Å². The normalized spacial score (nSPS) is 11.9. The molecule has 1 aromatic carbocycles. The molecular formula is C17H21N3O. The molecule has 0 fully saturated rings. The van der Waals surface area contributed by atoms with Gasteiger partial charge in [-0.2, -0.15) is 0 Å². The molecule has 2 aromatic rings. The number of pyridine rings is 1. The molecule has 4 heteroatoms. The molecule has 0 bridgehead atoms. The Bertz CT molecular complexity index is 503. The molecule has 110 valence electrons. The fourth-order valence-corrected chi connectivity index (χ4v) is 2.11. The third-order valence-electron chi connectivity index (χ3n) is 3.16. The van der Waals surface area contributed by atoms with E-state index in [9.17, 15) is 4.79 Å². The first kappa shape index (κ1) is 15.2. The number of nitrogens with one attached hydrogen (secondary N) is 2. The average Bonchev–Trinajstić information content (AvgIpc) is 2.55. The Balaban J connectivity index is 2.09. The molecule has 0 unspecified atom stereocenters. The van der Waals surface area contributed by atoms with E-state index in [4.69, 9.17) is 0 Å². The number of aromatic nitrogens is 1. The Morgan fingerprint density at radius 1 is 1.14 bits per heavy atom. The Morgan fingerprint density at radius 3 is 2.57 bits per heavy atom. The lowest BCUT2D eigenvalue weighted by atomic mass is 10.0. The van der Waals surface area contributed by atoms with E-state index in [1.165, 1.54) is 0 Å². The fourth-order valence-electron chi connectivity index (χ4n) is 2.11. The highest BCUT2D eigenvalue weighted by Gasteiger charge is 2.15. The van der Waals surface area contributed by atoms with Gasteiger partial charge in [-0.15, -0.1) is 0 Å². The Kier molecular flexibility index (Phi) is 5.91. The summed E-state index contributed by atoms with van der Waals surface area (Å²) in [6.07, 6.45) is 2.71. The molecule has 0 spiro atoms. The summed E-state index contributed by atoms with van der Waals surface area (Å²) in [4.78, 5) is 16.2. The molecule has 1 aromatic heterocycles. The van der Waals surface area contributed by atoms with Crippen molar-refractivity contribution in [3.8, 4) is 0 Å². The van der Waals surface area contributed by atoms with E-state index >= 15 is 0 Å². The first-order valence-corrected chi connectivity index (χ1v) is 7.27. The van der Waals surface area contributed by atoms with Gasteiger partial charge in [-0.25, -0.2) is 0 Å². The minimum Gasteiger partial charge on any atom is -0.355 e. The van der Waals surface area contributed by atoms with E-state index in [-0.39, 0.29) is 18.5 Å². The maximum atomic E-state index is 11.8. The highest BCUT2D eigenvalue weighted by atomic mass is 16.1. The number of rotatable bonds is 7. The van der Waals surface area contributed by atoms with Crippen molar-refractivity contribution in [2.24, 2.45) is 0 Å². The van der Waals surface area contributed by atoms with Crippen LogP contribution in [0.4, 0.5) is 0 Å². The van der Waals surface area contributed by atoms with E-state index in [1.807, 2.05) is 55.5 Å². The number of amides is 1. The third kappa shape index (κ3) is 4.68. The SMILES string of the molecule is CCCNC(=O)CN[C@@H](c1ccccc1)c1ccccn1. The number of carbonyl (C=O) groups is 1. The molecule has 0 saturated carbocycles. The maximum absolute atomic E-state index is 11.8. The third-order valence-corrected chi connectivity index (χ3v) is 3.16. The lowest BCUT2D eigenvalue weighted by Crippen LogP contribution is -2.36.